The number of aromatic nitrogens is 4. The Labute approximate surface area is 102 Å². The largest absolute Gasteiger partial charge is 0.360 e. The predicted octanol–water partition coefficient (Wildman–Crippen LogP) is 0.883. The Bertz CT molecular complexity index is 562. The van der Waals surface area contributed by atoms with Crippen LogP contribution < -0.4 is 10.9 Å². The van der Waals surface area contributed by atoms with Crippen LogP contribution in [0.2, 0.25) is 0 Å². The van der Waals surface area contributed by atoms with Gasteiger partial charge in [0.15, 0.2) is 0 Å². The molecule has 0 unspecified atom stereocenters. The summed E-state index contributed by atoms with van der Waals surface area (Å²) in [6.07, 6.45) is 1.66. The van der Waals surface area contributed by atoms with E-state index < -0.39 is 0 Å². The second kappa shape index (κ2) is 5.05. The molecule has 1 N–H and O–H groups in total. The Morgan fingerprint density at radius 1 is 1.47 bits per heavy atom. The lowest BCUT2D eigenvalue weighted by Gasteiger charge is -2.00. The first-order chi connectivity index (χ1) is 8.19. The summed E-state index contributed by atoms with van der Waals surface area (Å²) in [7, 11) is 0. The molecule has 2 heterocycles. The molecule has 2 aromatic heterocycles. The van der Waals surface area contributed by atoms with Gasteiger partial charge in [-0.15, -0.1) is 10.2 Å². The lowest BCUT2D eigenvalue weighted by molar-refractivity contribution is 0.629. The van der Waals surface area contributed by atoms with Gasteiger partial charge in [-0.25, -0.2) is 4.68 Å². The smallest absolute Gasteiger partial charge is 0.267 e. The summed E-state index contributed by atoms with van der Waals surface area (Å²) >= 11 is 1.43. The van der Waals surface area contributed by atoms with E-state index in [1.807, 2.05) is 13.8 Å². The standard InChI is InChI=1S/C10H13N5OS/c1-3-11-10-14-13-8(17-10)6-15-9(16)4-7(2)5-12-15/h4-5H,3,6H2,1-2H3,(H,11,14). The van der Waals surface area contributed by atoms with Crippen LogP contribution in [0.5, 0.6) is 0 Å². The van der Waals surface area contributed by atoms with Crippen molar-refractivity contribution in [3.8, 4) is 0 Å². The summed E-state index contributed by atoms with van der Waals surface area (Å²) in [5.74, 6) is 0. The molecule has 0 bridgehead atoms. The summed E-state index contributed by atoms with van der Waals surface area (Å²) in [6, 6.07) is 1.55. The number of hydrogen-bond donors (Lipinski definition) is 1. The van der Waals surface area contributed by atoms with Crippen molar-refractivity contribution in [1.82, 2.24) is 20.0 Å². The fourth-order valence-corrected chi connectivity index (χ4v) is 2.10. The van der Waals surface area contributed by atoms with E-state index >= 15 is 0 Å². The third kappa shape index (κ3) is 2.88. The first-order valence-electron chi connectivity index (χ1n) is 5.29. The predicted molar refractivity (Wildman–Crippen MR) is 66.4 cm³/mol. The van der Waals surface area contributed by atoms with Gasteiger partial charge in [0.25, 0.3) is 5.56 Å². The third-order valence-electron chi connectivity index (χ3n) is 2.09. The molecule has 0 aliphatic heterocycles. The van der Waals surface area contributed by atoms with E-state index in [1.165, 1.54) is 16.0 Å². The number of hydrogen-bond acceptors (Lipinski definition) is 6. The zero-order chi connectivity index (χ0) is 12.3. The third-order valence-corrected chi connectivity index (χ3v) is 2.95. The van der Waals surface area contributed by atoms with E-state index in [0.29, 0.717) is 6.54 Å². The first kappa shape index (κ1) is 11.7. The molecule has 2 rings (SSSR count). The van der Waals surface area contributed by atoms with Gasteiger partial charge in [0.2, 0.25) is 5.13 Å². The molecule has 6 nitrogen and oxygen atoms in total. The SMILES string of the molecule is CCNc1nnc(Cn2ncc(C)cc2=O)s1. The minimum atomic E-state index is -0.120. The Morgan fingerprint density at radius 3 is 3.00 bits per heavy atom. The highest BCUT2D eigenvalue weighted by atomic mass is 32.1. The van der Waals surface area contributed by atoms with Crippen molar-refractivity contribution in [2.24, 2.45) is 0 Å². The maximum atomic E-state index is 11.6. The van der Waals surface area contributed by atoms with Crippen molar-refractivity contribution in [2.45, 2.75) is 20.4 Å². The minimum absolute atomic E-state index is 0.120. The zero-order valence-corrected chi connectivity index (χ0v) is 10.5. The highest BCUT2D eigenvalue weighted by molar-refractivity contribution is 7.15. The monoisotopic (exact) mass is 251 g/mol. The van der Waals surface area contributed by atoms with Gasteiger partial charge in [-0.05, 0) is 19.4 Å². The van der Waals surface area contributed by atoms with E-state index in [1.54, 1.807) is 12.3 Å². The van der Waals surface area contributed by atoms with Gasteiger partial charge in [-0.1, -0.05) is 11.3 Å². The molecule has 0 amide bonds. The number of aryl methyl sites for hydroxylation is 1. The van der Waals surface area contributed by atoms with Crippen LogP contribution in [0, 0.1) is 6.92 Å². The van der Waals surface area contributed by atoms with Crippen molar-refractivity contribution in [1.29, 1.82) is 0 Å². The van der Waals surface area contributed by atoms with Crippen LogP contribution in [0.1, 0.15) is 17.5 Å². The van der Waals surface area contributed by atoms with Crippen LogP contribution >= 0.6 is 11.3 Å². The van der Waals surface area contributed by atoms with Crippen molar-refractivity contribution in [3.63, 3.8) is 0 Å². The average molecular weight is 251 g/mol. The van der Waals surface area contributed by atoms with Crippen molar-refractivity contribution in [2.75, 3.05) is 11.9 Å². The highest BCUT2D eigenvalue weighted by Gasteiger charge is 2.05. The molecule has 0 fully saturated rings. The van der Waals surface area contributed by atoms with Crippen molar-refractivity contribution in [3.05, 3.63) is 33.2 Å². The molecule has 7 heteroatoms. The second-order valence-corrected chi connectivity index (χ2v) is 4.62. The molecule has 0 aromatic carbocycles. The van der Waals surface area contributed by atoms with Crippen LogP contribution in [0.25, 0.3) is 0 Å². The van der Waals surface area contributed by atoms with Crippen LogP contribution in [-0.4, -0.2) is 26.5 Å². The van der Waals surface area contributed by atoms with Crippen LogP contribution in [0.3, 0.4) is 0 Å². The lowest BCUT2D eigenvalue weighted by atomic mass is 10.3. The van der Waals surface area contributed by atoms with E-state index in [4.69, 9.17) is 0 Å². The quantitative estimate of drug-likeness (QED) is 0.873. The van der Waals surface area contributed by atoms with Gasteiger partial charge < -0.3 is 5.32 Å². The second-order valence-electron chi connectivity index (χ2n) is 3.56. The molecule has 90 valence electrons. The summed E-state index contributed by atoms with van der Waals surface area (Å²) in [4.78, 5) is 11.6. The Kier molecular flexibility index (Phi) is 3.48. The molecule has 0 aliphatic carbocycles. The summed E-state index contributed by atoms with van der Waals surface area (Å²) in [5, 5.41) is 16.6. The van der Waals surface area contributed by atoms with Gasteiger partial charge in [0.1, 0.15) is 5.01 Å². The fourth-order valence-electron chi connectivity index (χ4n) is 1.31. The van der Waals surface area contributed by atoms with E-state index in [9.17, 15) is 4.79 Å². The Hall–Kier alpha value is -1.76. The summed E-state index contributed by atoms with van der Waals surface area (Å²) in [5.41, 5.74) is 0.738. The number of rotatable bonds is 4. The van der Waals surface area contributed by atoms with Gasteiger partial charge >= 0.3 is 0 Å². The van der Waals surface area contributed by atoms with Gasteiger partial charge in [0, 0.05) is 12.6 Å². The normalized spacial score (nSPS) is 10.5. The molecule has 0 saturated heterocycles. The Morgan fingerprint density at radius 2 is 2.29 bits per heavy atom. The van der Waals surface area contributed by atoms with Gasteiger partial charge in [0.05, 0.1) is 12.7 Å². The average Bonchev–Trinajstić information content (AvgIpc) is 2.71. The van der Waals surface area contributed by atoms with Crippen molar-refractivity contribution >= 4 is 16.5 Å². The van der Waals surface area contributed by atoms with Crippen molar-refractivity contribution < 1.29 is 0 Å². The molecule has 0 spiro atoms. The summed E-state index contributed by atoms with van der Waals surface area (Å²) in [6.45, 7) is 5.00. The lowest BCUT2D eigenvalue weighted by Crippen LogP contribution is -2.22. The topological polar surface area (TPSA) is 72.7 Å². The number of anilines is 1. The fraction of sp³-hybridized carbons (Fsp3) is 0.400. The minimum Gasteiger partial charge on any atom is -0.360 e. The van der Waals surface area contributed by atoms with Gasteiger partial charge in [-0.2, -0.15) is 5.10 Å². The summed E-state index contributed by atoms with van der Waals surface area (Å²) < 4.78 is 1.38. The molecule has 0 saturated carbocycles. The number of nitrogens with zero attached hydrogens (tertiary/aromatic N) is 4. The maximum Gasteiger partial charge on any atom is 0.267 e. The maximum absolute atomic E-state index is 11.6. The molecule has 0 atom stereocenters. The molecule has 2 aromatic rings. The molecular formula is C10H13N5OS. The van der Waals surface area contributed by atoms with Crippen LogP contribution in [0.4, 0.5) is 5.13 Å². The van der Waals surface area contributed by atoms with E-state index in [2.05, 4.69) is 20.6 Å². The number of nitrogens with one attached hydrogen (secondary N) is 1. The van der Waals surface area contributed by atoms with Crippen LogP contribution in [-0.2, 0) is 6.54 Å². The molecular weight excluding hydrogens is 238 g/mol. The highest BCUT2D eigenvalue weighted by Crippen LogP contribution is 2.14. The molecule has 17 heavy (non-hydrogen) atoms. The Balaban J connectivity index is 2.16. The zero-order valence-electron chi connectivity index (χ0n) is 9.67. The van der Waals surface area contributed by atoms with E-state index in [-0.39, 0.29) is 5.56 Å². The van der Waals surface area contributed by atoms with Gasteiger partial charge in [-0.3, -0.25) is 4.79 Å². The first-order valence-corrected chi connectivity index (χ1v) is 6.10. The van der Waals surface area contributed by atoms with E-state index in [0.717, 1.165) is 22.2 Å². The molecule has 0 radical (unpaired) electrons. The molecule has 0 aliphatic rings. The van der Waals surface area contributed by atoms with Crippen LogP contribution in [0.15, 0.2) is 17.1 Å².